The summed E-state index contributed by atoms with van der Waals surface area (Å²) in [5.74, 6) is -6.03. The van der Waals surface area contributed by atoms with E-state index in [4.69, 9.17) is 15.3 Å². The van der Waals surface area contributed by atoms with Crippen LogP contribution in [0.3, 0.4) is 0 Å². The molecule has 0 atom stereocenters. The van der Waals surface area contributed by atoms with E-state index in [0.717, 1.165) is 6.92 Å². The van der Waals surface area contributed by atoms with Gasteiger partial charge < -0.3 is 25.8 Å². The van der Waals surface area contributed by atoms with Crippen LogP contribution in [0.4, 0.5) is 0 Å². The standard InChI is InChI=1S/C8H10O8.4Na.4H/c1-4(9)16-8(7(14)15,2-5(10)11)3-6(12)13;;;;;;;;/h2-3H2,1H3,(H,10,11)(H,12,13)(H,14,15);;;;;;;;/q;4*+1;4*-1. The maximum Gasteiger partial charge on any atom is 1.00 e. The number of carbonyl (C=O) groups is 4. The molecule has 0 rings (SSSR count). The van der Waals surface area contributed by atoms with Gasteiger partial charge in [0.25, 0.3) is 0 Å². The first-order chi connectivity index (χ1) is 7.19. The second kappa shape index (κ2) is 15.8. The van der Waals surface area contributed by atoms with Gasteiger partial charge in [0, 0.05) is 6.92 Å². The van der Waals surface area contributed by atoms with Crippen LogP contribution >= 0.6 is 0 Å². The molecule has 0 saturated carbocycles. The molecular formula is C8H14Na4O8. The Balaban J connectivity index is -0.0000000402. The van der Waals surface area contributed by atoms with E-state index in [1.807, 2.05) is 0 Å². The van der Waals surface area contributed by atoms with Crippen molar-refractivity contribution in [3.05, 3.63) is 0 Å². The van der Waals surface area contributed by atoms with Crippen LogP contribution in [0.25, 0.3) is 0 Å². The van der Waals surface area contributed by atoms with Gasteiger partial charge in [0.05, 0.1) is 12.8 Å². The van der Waals surface area contributed by atoms with Gasteiger partial charge in [-0.05, 0) is 0 Å². The number of hydrogen-bond donors (Lipinski definition) is 3. The summed E-state index contributed by atoms with van der Waals surface area (Å²) in [5, 5.41) is 25.7. The molecule has 3 N–H and O–H groups in total. The number of carboxylic acid groups (broad SMARTS) is 3. The summed E-state index contributed by atoms with van der Waals surface area (Å²) in [7, 11) is 0. The zero-order valence-corrected chi connectivity index (χ0v) is 20.3. The van der Waals surface area contributed by atoms with Crippen LogP contribution in [0.15, 0.2) is 0 Å². The average molecular weight is 330 g/mol. The monoisotopic (exact) mass is 330 g/mol. The Morgan fingerprint density at radius 3 is 1.35 bits per heavy atom. The second-order valence-electron chi connectivity index (χ2n) is 3.03. The topological polar surface area (TPSA) is 138 Å². The van der Waals surface area contributed by atoms with E-state index in [1.54, 1.807) is 0 Å². The smallest absolute Gasteiger partial charge is 1.00 e. The van der Waals surface area contributed by atoms with E-state index in [-0.39, 0.29) is 124 Å². The van der Waals surface area contributed by atoms with Gasteiger partial charge >= 0.3 is 142 Å². The number of carbonyl (C=O) groups excluding carboxylic acids is 1. The number of esters is 1. The fourth-order valence-electron chi connectivity index (χ4n) is 1.09. The molecule has 0 bridgehead atoms. The SMILES string of the molecule is CC(=O)OC(CC(=O)O)(CC(=O)O)C(=O)O.[H-].[H-].[H-].[H-].[Na+].[Na+].[Na+].[Na+]. The molecular weight excluding hydrogens is 316 g/mol. The molecule has 12 heteroatoms. The molecule has 0 aromatic rings. The Labute approximate surface area is 209 Å². The van der Waals surface area contributed by atoms with Crippen molar-refractivity contribution in [3.63, 3.8) is 0 Å². The van der Waals surface area contributed by atoms with E-state index in [9.17, 15) is 19.2 Å². The van der Waals surface area contributed by atoms with Gasteiger partial charge in [-0.25, -0.2) is 4.79 Å². The number of ether oxygens (including phenoxy) is 1. The van der Waals surface area contributed by atoms with Crippen LogP contribution in [0.5, 0.6) is 0 Å². The molecule has 0 aliphatic rings. The van der Waals surface area contributed by atoms with Crippen LogP contribution in [0.1, 0.15) is 25.5 Å². The summed E-state index contributed by atoms with van der Waals surface area (Å²) in [6.45, 7) is 0.862. The van der Waals surface area contributed by atoms with Crippen molar-refractivity contribution in [1.82, 2.24) is 0 Å². The van der Waals surface area contributed by atoms with Crippen molar-refractivity contribution in [2.24, 2.45) is 0 Å². The molecule has 0 spiro atoms. The third-order valence-electron chi connectivity index (χ3n) is 1.60. The number of hydrogen-bond acceptors (Lipinski definition) is 5. The van der Waals surface area contributed by atoms with Gasteiger partial charge in [0.15, 0.2) is 0 Å². The van der Waals surface area contributed by atoms with E-state index >= 15 is 0 Å². The van der Waals surface area contributed by atoms with Crippen molar-refractivity contribution >= 4 is 23.9 Å². The number of carboxylic acids is 3. The summed E-state index contributed by atoms with van der Waals surface area (Å²) < 4.78 is 4.32. The summed E-state index contributed by atoms with van der Waals surface area (Å²) in [6.07, 6.45) is -2.23. The summed E-state index contributed by atoms with van der Waals surface area (Å²) in [4.78, 5) is 42.3. The molecule has 0 aliphatic heterocycles. The second-order valence-corrected chi connectivity index (χ2v) is 3.03. The Hall–Kier alpha value is 1.88. The molecule has 0 aromatic carbocycles. The Morgan fingerprint density at radius 1 is 0.900 bits per heavy atom. The Morgan fingerprint density at radius 2 is 1.20 bits per heavy atom. The fraction of sp³-hybridized carbons (Fsp3) is 0.500. The van der Waals surface area contributed by atoms with E-state index < -0.39 is 42.3 Å². The molecule has 8 nitrogen and oxygen atoms in total. The zero-order chi connectivity index (χ0) is 12.9. The zero-order valence-electron chi connectivity index (χ0n) is 16.3. The molecule has 0 radical (unpaired) electrons. The third kappa shape index (κ3) is 13.5. The van der Waals surface area contributed by atoms with Gasteiger partial charge in [-0.15, -0.1) is 0 Å². The van der Waals surface area contributed by atoms with Gasteiger partial charge in [0.2, 0.25) is 5.60 Å². The summed E-state index contributed by atoms with van der Waals surface area (Å²) >= 11 is 0. The van der Waals surface area contributed by atoms with Crippen LogP contribution in [0, 0.1) is 0 Å². The van der Waals surface area contributed by atoms with E-state index in [1.165, 1.54) is 0 Å². The molecule has 0 aliphatic carbocycles. The minimum atomic E-state index is -2.57. The molecule has 0 amide bonds. The van der Waals surface area contributed by atoms with Crippen molar-refractivity contribution in [1.29, 1.82) is 0 Å². The Bertz CT molecular complexity index is 320. The minimum absolute atomic E-state index is 0. The fourth-order valence-corrected chi connectivity index (χ4v) is 1.09. The molecule has 0 aromatic heterocycles. The van der Waals surface area contributed by atoms with Crippen LogP contribution in [0.2, 0.25) is 0 Å². The number of aliphatic carboxylic acids is 3. The largest absolute Gasteiger partial charge is 1.00 e. The van der Waals surface area contributed by atoms with Crippen LogP contribution < -0.4 is 118 Å². The normalized spacial score (nSPS) is 8.45. The summed E-state index contributed by atoms with van der Waals surface area (Å²) in [6, 6.07) is 0. The number of rotatable bonds is 6. The van der Waals surface area contributed by atoms with Crippen LogP contribution in [-0.4, -0.2) is 44.8 Å². The first kappa shape index (κ1) is 33.5. The van der Waals surface area contributed by atoms with Crippen molar-refractivity contribution in [2.75, 3.05) is 0 Å². The van der Waals surface area contributed by atoms with Gasteiger partial charge in [-0.3, -0.25) is 14.4 Å². The van der Waals surface area contributed by atoms with Crippen molar-refractivity contribution in [2.45, 2.75) is 25.4 Å². The summed E-state index contributed by atoms with van der Waals surface area (Å²) in [5.41, 5.74) is -2.57. The molecule has 0 saturated heterocycles. The van der Waals surface area contributed by atoms with E-state index in [0.29, 0.717) is 0 Å². The third-order valence-corrected chi connectivity index (χ3v) is 1.60. The first-order valence-electron chi connectivity index (χ1n) is 4.06. The quantitative estimate of drug-likeness (QED) is 0.322. The maximum atomic E-state index is 10.8. The first-order valence-corrected chi connectivity index (χ1v) is 4.06. The molecule has 0 fully saturated rings. The van der Waals surface area contributed by atoms with Gasteiger partial charge in [-0.1, -0.05) is 0 Å². The Kier molecular flexibility index (Phi) is 26.4. The van der Waals surface area contributed by atoms with E-state index in [2.05, 4.69) is 4.74 Å². The molecule has 0 heterocycles. The minimum Gasteiger partial charge on any atom is -1.00 e. The van der Waals surface area contributed by atoms with Crippen LogP contribution in [-0.2, 0) is 23.9 Å². The van der Waals surface area contributed by atoms with Gasteiger partial charge in [0.1, 0.15) is 0 Å². The van der Waals surface area contributed by atoms with Crippen molar-refractivity contribution < 1.29 is 163 Å². The maximum absolute atomic E-state index is 10.8. The molecule has 98 valence electrons. The van der Waals surface area contributed by atoms with Crippen molar-refractivity contribution in [3.8, 4) is 0 Å². The molecule has 20 heavy (non-hydrogen) atoms. The molecule has 0 unspecified atom stereocenters. The predicted molar refractivity (Wildman–Crippen MR) is 51.1 cm³/mol. The average Bonchev–Trinajstić information content (AvgIpc) is 1.98. The predicted octanol–water partition coefficient (Wildman–Crippen LogP) is -12.2. The van der Waals surface area contributed by atoms with Gasteiger partial charge in [-0.2, -0.15) is 0 Å².